The fraction of sp³-hybridized carbons (Fsp3) is 0.538. The second-order valence-corrected chi connectivity index (χ2v) is 9.64. The molecule has 1 aliphatic carbocycles. The van der Waals surface area contributed by atoms with E-state index in [0.29, 0.717) is 18.2 Å². The van der Waals surface area contributed by atoms with Crippen molar-refractivity contribution in [3.8, 4) is 5.75 Å². The van der Waals surface area contributed by atoms with E-state index in [1.165, 1.54) is 0 Å². The number of hydrogen-bond acceptors (Lipinski definition) is 4. The van der Waals surface area contributed by atoms with Crippen LogP contribution in [0.2, 0.25) is 0 Å². The summed E-state index contributed by atoms with van der Waals surface area (Å²) in [6.45, 7) is 7.88. The highest BCUT2D eigenvalue weighted by atomic mass is 19.1. The number of aromatic hydroxyl groups is 1. The van der Waals surface area contributed by atoms with E-state index in [9.17, 15) is 9.50 Å². The van der Waals surface area contributed by atoms with Crippen LogP contribution in [0.3, 0.4) is 0 Å². The smallest absolute Gasteiger partial charge is 0.128 e. The maximum absolute atomic E-state index is 14.8. The van der Waals surface area contributed by atoms with Crippen molar-refractivity contribution in [1.29, 1.82) is 0 Å². The lowest BCUT2D eigenvalue weighted by Gasteiger charge is -2.41. The number of phenolic OH excluding ortho intramolecular Hbond substituents is 1. The second-order valence-electron chi connectivity index (χ2n) is 9.64. The predicted molar refractivity (Wildman–Crippen MR) is 123 cm³/mol. The van der Waals surface area contributed by atoms with Gasteiger partial charge in [0.25, 0.3) is 0 Å². The molecule has 1 saturated heterocycles. The van der Waals surface area contributed by atoms with Crippen LogP contribution in [0.4, 0.5) is 4.39 Å². The number of hydrogen-bond donors (Lipinski definition) is 2. The number of likely N-dealkylation sites (N-methyl/N-ethyl adjacent to an activating group) is 1. The maximum atomic E-state index is 14.8. The highest BCUT2D eigenvalue weighted by Gasteiger charge is 2.37. The van der Waals surface area contributed by atoms with E-state index < -0.39 is 0 Å². The lowest BCUT2D eigenvalue weighted by molar-refractivity contribution is 0.147. The molecule has 168 valence electrons. The van der Waals surface area contributed by atoms with Crippen molar-refractivity contribution in [2.24, 2.45) is 5.92 Å². The average molecular weight is 426 g/mol. The van der Waals surface area contributed by atoms with Crippen molar-refractivity contribution in [1.82, 2.24) is 15.1 Å². The molecule has 0 unspecified atom stereocenters. The number of nitrogens with zero attached hydrogens (tertiary/aromatic N) is 2. The molecule has 2 aromatic carbocycles. The fourth-order valence-corrected chi connectivity index (χ4v) is 5.04. The van der Waals surface area contributed by atoms with E-state index in [2.05, 4.69) is 35.2 Å². The third kappa shape index (κ3) is 5.28. The number of benzene rings is 2. The summed E-state index contributed by atoms with van der Waals surface area (Å²) in [4.78, 5) is 4.74. The molecule has 5 heteroatoms. The van der Waals surface area contributed by atoms with Gasteiger partial charge in [0.15, 0.2) is 0 Å². The SMILES string of the molecule is CC1CCC(NCc2ccc(O)c(CN3CCN(C)CC3)c2)(c2ccccc2F)CC1. The summed E-state index contributed by atoms with van der Waals surface area (Å²) in [5.41, 5.74) is 2.57. The summed E-state index contributed by atoms with van der Waals surface area (Å²) in [5, 5.41) is 14.2. The zero-order chi connectivity index (χ0) is 21.8. The van der Waals surface area contributed by atoms with Gasteiger partial charge in [-0.15, -0.1) is 0 Å². The van der Waals surface area contributed by atoms with Crippen LogP contribution in [-0.2, 0) is 18.6 Å². The van der Waals surface area contributed by atoms with Crippen LogP contribution >= 0.6 is 0 Å². The Morgan fingerprint density at radius 3 is 2.48 bits per heavy atom. The molecular formula is C26H36FN3O. The lowest BCUT2D eigenvalue weighted by Crippen LogP contribution is -2.45. The maximum Gasteiger partial charge on any atom is 0.128 e. The highest BCUT2D eigenvalue weighted by Crippen LogP contribution is 2.40. The van der Waals surface area contributed by atoms with Crippen molar-refractivity contribution < 1.29 is 9.50 Å². The minimum Gasteiger partial charge on any atom is -0.508 e. The summed E-state index contributed by atoms with van der Waals surface area (Å²) in [6.07, 6.45) is 4.10. The first kappa shape index (κ1) is 22.3. The lowest BCUT2D eigenvalue weighted by atomic mass is 9.73. The molecule has 0 spiro atoms. The Labute approximate surface area is 186 Å². The minimum absolute atomic E-state index is 0.119. The monoisotopic (exact) mass is 425 g/mol. The van der Waals surface area contributed by atoms with Crippen molar-refractivity contribution in [2.75, 3.05) is 33.2 Å². The topological polar surface area (TPSA) is 38.7 Å². The van der Waals surface area contributed by atoms with Gasteiger partial charge in [0.2, 0.25) is 0 Å². The van der Waals surface area contributed by atoms with Gasteiger partial charge in [-0.2, -0.15) is 0 Å². The van der Waals surface area contributed by atoms with Crippen LogP contribution in [0.5, 0.6) is 5.75 Å². The molecule has 2 fully saturated rings. The van der Waals surface area contributed by atoms with Crippen LogP contribution in [0.1, 0.15) is 49.3 Å². The van der Waals surface area contributed by atoms with Gasteiger partial charge in [-0.3, -0.25) is 4.90 Å². The van der Waals surface area contributed by atoms with Crippen molar-refractivity contribution in [2.45, 2.75) is 51.2 Å². The minimum atomic E-state index is -0.326. The Bertz CT molecular complexity index is 871. The van der Waals surface area contributed by atoms with E-state index in [-0.39, 0.29) is 11.4 Å². The zero-order valence-electron chi connectivity index (χ0n) is 18.9. The molecule has 0 aromatic heterocycles. The largest absolute Gasteiger partial charge is 0.508 e. The molecule has 2 aliphatic rings. The summed E-state index contributed by atoms with van der Waals surface area (Å²) in [7, 11) is 2.15. The number of halogens is 1. The normalized spacial score (nSPS) is 25.6. The molecule has 0 radical (unpaired) electrons. The van der Waals surface area contributed by atoms with Crippen molar-refractivity contribution in [3.05, 3.63) is 65.0 Å². The quantitative estimate of drug-likeness (QED) is 0.716. The van der Waals surface area contributed by atoms with Gasteiger partial charge in [0, 0.05) is 55.9 Å². The van der Waals surface area contributed by atoms with E-state index in [4.69, 9.17) is 0 Å². The van der Waals surface area contributed by atoms with Crippen LogP contribution in [0, 0.1) is 11.7 Å². The Morgan fingerprint density at radius 1 is 1.06 bits per heavy atom. The molecule has 31 heavy (non-hydrogen) atoms. The number of nitrogens with one attached hydrogen (secondary N) is 1. The van der Waals surface area contributed by atoms with Gasteiger partial charge in [-0.25, -0.2) is 4.39 Å². The van der Waals surface area contributed by atoms with E-state index in [1.54, 1.807) is 18.2 Å². The van der Waals surface area contributed by atoms with Crippen LogP contribution in [0.15, 0.2) is 42.5 Å². The third-order valence-electron chi connectivity index (χ3n) is 7.28. The third-order valence-corrected chi connectivity index (χ3v) is 7.28. The summed E-state index contributed by atoms with van der Waals surface area (Å²) < 4.78 is 14.8. The molecule has 2 aromatic rings. The fourth-order valence-electron chi connectivity index (χ4n) is 5.04. The van der Waals surface area contributed by atoms with Gasteiger partial charge in [-0.05, 0) is 62.4 Å². The van der Waals surface area contributed by atoms with Gasteiger partial charge in [-0.1, -0.05) is 31.2 Å². The molecule has 2 N–H and O–H groups in total. The van der Waals surface area contributed by atoms with Crippen molar-refractivity contribution in [3.63, 3.8) is 0 Å². The van der Waals surface area contributed by atoms with Crippen LogP contribution in [0.25, 0.3) is 0 Å². The molecule has 0 bridgehead atoms. The summed E-state index contributed by atoms with van der Waals surface area (Å²) >= 11 is 0. The van der Waals surface area contributed by atoms with Crippen LogP contribution in [-0.4, -0.2) is 48.1 Å². The first-order valence-corrected chi connectivity index (χ1v) is 11.7. The van der Waals surface area contributed by atoms with E-state index in [0.717, 1.165) is 75.1 Å². The van der Waals surface area contributed by atoms with Gasteiger partial charge >= 0.3 is 0 Å². The van der Waals surface area contributed by atoms with Gasteiger partial charge < -0.3 is 15.3 Å². The van der Waals surface area contributed by atoms with Crippen molar-refractivity contribution >= 4 is 0 Å². The first-order valence-electron chi connectivity index (χ1n) is 11.7. The molecule has 1 saturated carbocycles. The molecular weight excluding hydrogens is 389 g/mol. The van der Waals surface area contributed by atoms with E-state index in [1.807, 2.05) is 18.2 Å². The summed E-state index contributed by atoms with van der Waals surface area (Å²) in [6, 6.07) is 13.1. The first-order chi connectivity index (χ1) is 14.9. The standard InChI is InChI=1S/C26H36FN3O/c1-20-9-11-26(12-10-20,23-5-3-4-6-24(23)27)28-18-21-7-8-25(31)22(17-21)19-30-15-13-29(2)14-16-30/h3-8,17,20,28,31H,9-16,18-19H2,1-2H3. The number of phenols is 1. The Morgan fingerprint density at radius 2 is 1.77 bits per heavy atom. The second kappa shape index (κ2) is 9.68. The van der Waals surface area contributed by atoms with Crippen LogP contribution < -0.4 is 5.32 Å². The van der Waals surface area contributed by atoms with Gasteiger partial charge in [0.1, 0.15) is 11.6 Å². The predicted octanol–water partition coefficient (Wildman–Crippen LogP) is 4.47. The molecule has 4 rings (SSSR count). The average Bonchev–Trinajstić information content (AvgIpc) is 2.77. The molecule has 1 heterocycles. The Hall–Kier alpha value is -1.95. The molecule has 1 aliphatic heterocycles. The zero-order valence-corrected chi connectivity index (χ0v) is 18.9. The van der Waals surface area contributed by atoms with E-state index >= 15 is 0 Å². The molecule has 4 nitrogen and oxygen atoms in total. The number of rotatable bonds is 6. The Kier molecular flexibility index (Phi) is 6.95. The Balaban J connectivity index is 1.49. The molecule has 0 amide bonds. The molecule has 0 atom stereocenters. The summed E-state index contributed by atoms with van der Waals surface area (Å²) in [5.74, 6) is 0.926. The van der Waals surface area contributed by atoms with Gasteiger partial charge in [0.05, 0.1) is 0 Å². The number of piperazine rings is 1. The highest BCUT2D eigenvalue weighted by molar-refractivity contribution is 5.36.